The molecular weight excluding hydrogens is 344 g/mol. The van der Waals surface area contributed by atoms with Gasteiger partial charge in [-0.05, 0) is 37.2 Å². The molecule has 9 heteroatoms. The molecule has 3 atom stereocenters. The lowest BCUT2D eigenvalue weighted by atomic mass is 9.49. The third-order valence-electron chi connectivity index (χ3n) is 6.37. The van der Waals surface area contributed by atoms with Crippen molar-refractivity contribution in [2.24, 2.45) is 11.3 Å². The van der Waals surface area contributed by atoms with Crippen LogP contribution in [0.15, 0.2) is 6.07 Å². The van der Waals surface area contributed by atoms with E-state index in [4.69, 9.17) is 0 Å². The van der Waals surface area contributed by atoms with Gasteiger partial charge in [-0.15, -0.1) is 0 Å². The van der Waals surface area contributed by atoms with E-state index < -0.39 is 49.7 Å². The zero-order valence-corrected chi connectivity index (χ0v) is 14.4. The Balaban J connectivity index is 2.31. The summed E-state index contributed by atoms with van der Waals surface area (Å²) < 4.78 is 0. The first-order valence-electron chi connectivity index (χ1n) is 8.41. The first kappa shape index (κ1) is 18.1. The zero-order chi connectivity index (χ0) is 19.4. The monoisotopic (exact) mass is 362 g/mol. The minimum atomic E-state index is -1.22. The van der Waals surface area contributed by atoms with Gasteiger partial charge in [0.1, 0.15) is 0 Å². The number of aryl methyl sites for hydroxylation is 1. The average molecular weight is 362 g/mol. The van der Waals surface area contributed by atoms with E-state index >= 15 is 0 Å². The van der Waals surface area contributed by atoms with Gasteiger partial charge in [-0.25, -0.2) is 0 Å². The molecule has 1 aromatic carbocycles. The van der Waals surface area contributed by atoms with Crippen molar-refractivity contribution in [3.05, 3.63) is 37.4 Å². The lowest BCUT2D eigenvalue weighted by Crippen LogP contribution is -2.56. The van der Waals surface area contributed by atoms with E-state index in [2.05, 4.69) is 0 Å². The molecule has 9 nitrogen and oxygen atoms in total. The van der Waals surface area contributed by atoms with Gasteiger partial charge in [-0.1, -0.05) is 20.3 Å². The first-order valence-corrected chi connectivity index (χ1v) is 8.41. The molecule has 0 aliphatic heterocycles. The van der Waals surface area contributed by atoms with Crippen molar-refractivity contribution in [1.29, 1.82) is 0 Å². The Labute approximate surface area is 148 Å². The van der Waals surface area contributed by atoms with E-state index in [9.17, 15) is 35.2 Å². The lowest BCUT2D eigenvalue weighted by Gasteiger charge is -2.55. The van der Waals surface area contributed by atoms with Gasteiger partial charge in [-0.2, -0.15) is 0 Å². The fraction of sp³-hybridized carbons (Fsp3) is 0.588. The largest absolute Gasteiger partial charge is 0.863 e. The second kappa shape index (κ2) is 5.65. The highest BCUT2D eigenvalue weighted by Crippen LogP contribution is 2.60. The molecule has 1 saturated carbocycles. The van der Waals surface area contributed by atoms with Gasteiger partial charge in [0.25, 0.3) is 11.4 Å². The summed E-state index contributed by atoms with van der Waals surface area (Å²) in [7, 11) is 0. The van der Waals surface area contributed by atoms with Gasteiger partial charge in [-0.3, -0.25) is 20.2 Å². The van der Waals surface area contributed by atoms with Crippen molar-refractivity contribution >= 4 is 17.3 Å². The molecule has 0 radical (unpaired) electrons. The summed E-state index contributed by atoms with van der Waals surface area (Å²) in [5.41, 5.74) is -3.12. The lowest BCUT2D eigenvalue weighted by molar-refractivity contribution is -0.417. The number of hydrogen-bond donors (Lipinski definition) is 0. The molecule has 0 saturated heterocycles. The summed E-state index contributed by atoms with van der Waals surface area (Å²) in [4.78, 5) is 32.8. The highest BCUT2D eigenvalue weighted by molar-refractivity contribution is 5.74. The predicted molar refractivity (Wildman–Crippen MR) is 85.3 cm³/mol. The number of carbonyl (C=O) groups excluding carboxylic acids is 1. The molecule has 1 fully saturated rings. The Hall–Kier alpha value is -2.71. The van der Waals surface area contributed by atoms with Crippen LogP contribution in [0.2, 0.25) is 0 Å². The Morgan fingerprint density at radius 1 is 1.19 bits per heavy atom. The molecular formula is C17H18N2O7-2. The van der Waals surface area contributed by atoms with Crippen molar-refractivity contribution in [2.45, 2.75) is 51.4 Å². The number of aliphatic carboxylic acids is 1. The third-order valence-corrected chi connectivity index (χ3v) is 6.37. The molecule has 140 valence electrons. The molecule has 0 amide bonds. The number of carboxylic acid groups (broad SMARTS) is 1. The Morgan fingerprint density at radius 3 is 2.38 bits per heavy atom. The van der Waals surface area contributed by atoms with Gasteiger partial charge in [0.05, 0.1) is 15.6 Å². The standard InChI is InChI=1S/C17H20N2O7/c1-16-6-3-7-17(2,15(21)22)11(16)5-4-9-8-10(18(23)24)14(20)13(12(9)16)19(25)26/h8,11,20H,3-7H2,1-2H3,(H,21,22)/p-2/t11-,16-,17+/m1/s1. The molecule has 0 heterocycles. The van der Waals surface area contributed by atoms with Crippen LogP contribution < -0.4 is 10.2 Å². The maximum atomic E-state index is 12.4. The van der Waals surface area contributed by atoms with Crippen LogP contribution in [0.25, 0.3) is 0 Å². The molecule has 0 bridgehead atoms. The molecule has 2 aliphatic rings. The molecule has 0 aromatic heterocycles. The van der Waals surface area contributed by atoms with Crippen LogP contribution >= 0.6 is 0 Å². The van der Waals surface area contributed by atoms with E-state index in [0.29, 0.717) is 31.2 Å². The van der Waals surface area contributed by atoms with Gasteiger partial charge in [0.2, 0.25) is 0 Å². The minimum Gasteiger partial charge on any atom is -0.863 e. The molecule has 0 N–H and O–H groups in total. The van der Waals surface area contributed by atoms with Crippen LogP contribution in [0.3, 0.4) is 0 Å². The van der Waals surface area contributed by atoms with Gasteiger partial charge in [0.15, 0.2) is 0 Å². The average Bonchev–Trinajstić information content (AvgIpc) is 2.53. The predicted octanol–water partition coefficient (Wildman–Crippen LogP) is 1.34. The van der Waals surface area contributed by atoms with E-state index in [1.807, 2.05) is 0 Å². The number of benzene rings is 1. The molecule has 3 rings (SSSR count). The number of carbonyl (C=O) groups is 1. The Bertz CT molecular complexity index is 837. The summed E-state index contributed by atoms with van der Waals surface area (Å²) >= 11 is 0. The smallest absolute Gasteiger partial charge is 0.272 e. The van der Waals surface area contributed by atoms with Crippen molar-refractivity contribution in [3.8, 4) is 5.75 Å². The first-order chi connectivity index (χ1) is 12.0. The fourth-order valence-corrected chi connectivity index (χ4v) is 5.19. The summed E-state index contributed by atoms with van der Waals surface area (Å²) in [6, 6.07) is 1.12. The van der Waals surface area contributed by atoms with Crippen LogP contribution in [-0.4, -0.2) is 15.8 Å². The molecule has 26 heavy (non-hydrogen) atoms. The second-order valence-corrected chi connectivity index (χ2v) is 7.69. The van der Waals surface area contributed by atoms with Gasteiger partial charge >= 0.3 is 0 Å². The van der Waals surface area contributed by atoms with E-state index in [1.165, 1.54) is 0 Å². The number of rotatable bonds is 3. The van der Waals surface area contributed by atoms with Crippen LogP contribution in [0, 0.1) is 31.6 Å². The van der Waals surface area contributed by atoms with Crippen molar-refractivity contribution in [2.75, 3.05) is 0 Å². The number of nitrogens with zero attached hydrogens (tertiary/aromatic N) is 2. The number of hydrogen-bond acceptors (Lipinski definition) is 7. The van der Waals surface area contributed by atoms with Crippen LogP contribution in [0.5, 0.6) is 5.75 Å². The SMILES string of the molecule is C[C@@]12CCC[C@](C)(C(=O)[O-])[C@@H]1CCc1cc([N+](=O)[O-])c([O-])c([N+](=O)[O-])c12. The van der Waals surface area contributed by atoms with Crippen LogP contribution in [0.1, 0.15) is 50.7 Å². The molecule has 2 aliphatic carbocycles. The van der Waals surface area contributed by atoms with Gasteiger partial charge in [0, 0.05) is 28.4 Å². The molecule has 0 unspecified atom stereocenters. The molecule has 1 aromatic rings. The number of carboxylic acids is 1. The molecule has 0 spiro atoms. The summed E-state index contributed by atoms with van der Waals surface area (Å²) in [6.45, 7) is 3.32. The van der Waals surface area contributed by atoms with E-state index in [1.54, 1.807) is 13.8 Å². The normalized spacial score (nSPS) is 30.2. The maximum absolute atomic E-state index is 12.4. The van der Waals surface area contributed by atoms with E-state index in [0.717, 1.165) is 6.07 Å². The minimum absolute atomic E-state index is 0.168. The number of nitro groups is 2. The third kappa shape index (κ3) is 2.26. The number of fused-ring (bicyclic) bond motifs is 3. The Kier molecular flexibility index (Phi) is 3.93. The summed E-state index contributed by atoms with van der Waals surface area (Å²) in [5.74, 6) is -2.87. The van der Waals surface area contributed by atoms with Gasteiger partial charge < -0.3 is 15.0 Å². The Morgan fingerprint density at radius 2 is 1.85 bits per heavy atom. The van der Waals surface area contributed by atoms with E-state index in [-0.39, 0.29) is 12.0 Å². The van der Waals surface area contributed by atoms with Crippen molar-refractivity contribution < 1.29 is 24.9 Å². The van der Waals surface area contributed by atoms with Crippen LogP contribution in [-0.2, 0) is 16.6 Å². The van der Waals surface area contributed by atoms with Crippen molar-refractivity contribution in [1.82, 2.24) is 0 Å². The fourth-order valence-electron chi connectivity index (χ4n) is 5.19. The summed E-state index contributed by atoms with van der Waals surface area (Å²) in [6.07, 6.45) is 2.06. The zero-order valence-electron chi connectivity index (χ0n) is 14.4. The van der Waals surface area contributed by atoms with Crippen LogP contribution in [0.4, 0.5) is 11.4 Å². The quantitative estimate of drug-likeness (QED) is 0.581. The van der Waals surface area contributed by atoms with Crippen molar-refractivity contribution in [3.63, 3.8) is 0 Å². The second-order valence-electron chi connectivity index (χ2n) is 7.69. The highest BCUT2D eigenvalue weighted by atomic mass is 16.6. The maximum Gasteiger partial charge on any atom is 0.272 e. The summed E-state index contributed by atoms with van der Waals surface area (Å²) in [5, 5.41) is 47.0. The highest BCUT2D eigenvalue weighted by Gasteiger charge is 2.55. The number of nitro benzene ring substituents is 2. The topological polar surface area (TPSA) is 149 Å².